The number of rotatable bonds is 2. The van der Waals surface area contributed by atoms with Gasteiger partial charge in [0.1, 0.15) is 0 Å². The molecule has 0 bridgehead atoms. The standard InChI is InChI=1S/C13H22N2O3.ClH/c16-12(11-2-1-7-14-11)15-10-3-5-13(6-4-10)17-8-9-18-13;/h10-11,14H,1-9H2,(H,15,16);1H. The summed E-state index contributed by atoms with van der Waals surface area (Å²) in [6, 6.07) is 0.318. The Labute approximate surface area is 120 Å². The first-order valence-electron chi connectivity index (χ1n) is 7.09. The average Bonchev–Trinajstić information content (AvgIpc) is 3.04. The number of nitrogens with one attached hydrogen (secondary N) is 2. The van der Waals surface area contributed by atoms with Gasteiger partial charge in [-0.3, -0.25) is 4.79 Å². The molecule has 0 radical (unpaired) electrons. The zero-order valence-electron chi connectivity index (χ0n) is 11.2. The quantitative estimate of drug-likeness (QED) is 0.795. The Hall–Kier alpha value is -0.360. The van der Waals surface area contributed by atoms with Gasteiger partial charge in [-0.15, -0.1) is 12.4 Å². The number of hydrogen-bond donors (Lipinski definition) is 2. The minimum Gasteiger partial charge on any atom is -0.352 e. The molecule has 19 heavy (non-hydrogen) atoms. The van der Waals surface area contributed by atoms with Crippen molar-refractivity contribution < 1.29 is 14.3 Å². The van der Waals surface area contributed by atoms with Crippen LogP contribution in [0.3, 0.4) is 0 Å². The van der Waals surface area contributed by atoms with Crippen LogP contribution < -0.4 is 10.6 Å². The Kier molecular flexibility index (Phi) is 5.06. The third kappa shape index (κ3) is 3.40. The Morgan fingerprint density at radius 3 is 2.42 bits per heavy atom. The first-order valence-corrected chi connectivity index (χ1v) is 7.09. The van der Waals surface area contributed by atoms with Gasteiger partial charge in [-0.2, -0.15) is 0 Å². The molecule has 2 saturated heterocycles. The first-order chi connectivity index (χ1) is 8.77. The molecule has 1 aliphatic carbocycles. The summed E-state index contributed by atoms with van der Waals surface area (Å²) < 4.78 is 11.4. The van der Waals surface area contributed by atoms with E-state index in [-0.39, 0.29) is 30.1 Å². The topological polar surface area (TPSA) is 59.6 Å². The first kappa shape index (κ1) is 15.0. The van der Waals surface area contributed by atoms with Gasteiger partial charge in [-0.05, 0) is 32.2 Å². The van der Waals surface area contributed by atoms with E-state index in [1.165, 1.54) is 0 Å². The molecule has 3 fully saturated rings. The molecule has 5 nitrogen and oxygen atoms in total. The van der Waals surface area contributed by atoms with Crippen molar-refractivity contribution in [3.8, 4) is 0 Å². The Morgan fingerprint density at radius 2 is 1.84 bits per heavy atom. The van der Waals surface area contributed by atoms with Crippen molar-refractivity contribution in [2.75, 3.05) is 19.8 Å². The molecule has 1 amide bonds. The molecule has 110 valence electrons. The minimum absolute atomic E-state index is 0. The van der Waals surface area contributed by atoms with Crippen molar-refractivity contribution in [3.63, 3.8) is 0 Å². The lowest BCUT2D eigenvalue weighted by molar-refractivity contribution is -0.180. The SMILES string of the molecule is Cl.O=C(NC1CCC2(CC1)OCCO2)C1CCCN1. The normalized spacial score (nSPS) is 30.2. The molecular formula is C13H23ClN2O3. The van der Waals surface area contributed by atoms with Crippen molar-refractivity contribution in [3.05, 3.63) is 0 Å². The Balaban J connectivity index is 0.00000133. The van der Waals surface area contributed by atoms with Crippen LogP contribution in [0.4, 0.5) is 0 Å². The van der Waals surface area contributed by atoms with E-state index in [4.69, 9.17) is 9.47 Å². The van der Waals surface area contributed by atoms with E-state index in [1.807, 2.05) is 0 Å². The summed E-state index contributed by atoms with van der Waals surface area (Å²) in [7, 11) is 0. The fraction of sp³-hybridized carbons (Fsp3) is 0.923. The molecule has 0 aromatic rings. The van der Waals surface area contributed by atoms with Crippen LogP contribution in [0.5, 0.6) is 0 Å². The number of carbonyl (C=O) groups is 1. The number of halogens is 1. The number of carbonyl (C=O) groups excluding carboxylic acids is 1. The maximum atomic E-state index is 12.0. The molecule has 3 aliphatic rings. The smallest absolute Gasteiger partial charge is 0.237 e. The molecule has 2 aliphatic heterocycles. The van der Waals surface area contributed by atoms with Gasteiger partial charge in [0.05, 0.1) is 19.3 Å². The third-order valence-electron chi connectivity index (χ3n) is 4.28. The van der Waals surface area contributed by atoms with E-state index >= 15 is 0 Å². The second-order valence-corrected chi connectivity index (χ2v) is 5.54. The average molecular weight is 291 g/mol. The fourth-order valence-electron chi connectivity index (χ4n) is 3.20. The zero-order chi connectivity index (χ0) is 12.4. The van der Waals surface area contributed by atoms with E-state index in [1.54, 1.807) is 0 Å². The zero-order valence-corrected chi connectivity index (χ0v) is 12.0. The second-order valence-electron chi connectivity index (χ2n) is 5.54. The van der Waals surface area contributed by atoms with Gasteiger partial charge in [0.25, 0.3) is 0 Å². The summed E-state index contributed by atoms with van der Waals surface area (Å²) in [5, 5.41) is 6.39. The summed E-state index contributed by atoms with van der Waals surface area (Å²) in [6.45, 7) is 2.39. The maximum absolute atomic E-state index is 12.0. The number of amides is 1. The summed E-state index contributed by atoms with van der Waals surface area (Å²) in [4.78, 5) is 12.0. The lowest BCUT2D eigenvalue weighted by Crippen LogP contribution is -2.48. The predicted molar refractivity (Wildman–Crippen MR) is 73.3 cm³/mol. The molecule has 1 unspecified atom stereocenters. The van der Waals surface area contributed by atoms with E-state index in [9.17, 15) is 4.79 Å². The fourth-order valence-corrected chi connectivity index (χ4v) is 3.20. The van der Waals surface area contributed by atoms with Crippen molar-refractivity contribution in [2.24, 2.45) is 0 Å². The van der Waals surface area contributed by atoms with Crippen LogP contribution in [0, 0.1) is 0 Å². The van der Waals surface area contributed by atoms with Crippen LogP contribution in [0.15, 0.2) is 0 Å². The Morgan fingerprint density at radius 1 is 1.16 bits per heavy atom. The number of ether oxygens (including phenoxy) is 2. The molecule has 6 heteroatoms. The lowest BCUT2D eigenvalue weighted by Gasteiger charge is -2.35. The molecule has 1 spiro atoms. The molecule has 0 aromatic carbocycles. The van der Waals surface area contributed by atoms with E-state index < -0.39 is 0 Å². The molecule has 2 heterocycles. The molecule has 0 aromatic heterocycles. The Bertz CT molecular complexity index is 305. The molecule has 3 rings (SSSR count). The summed E-state index contributed by atoms with van der Waals surface area (Å²) >= 11 is 0. The monoisotopic (exact) mass is 290 g/mol. The van der Waals surface area contributed by atoms with Gasteiger partial charge in [0.2, 0.25) is 5.91 Å². The molecule has 2 N–H and O–H groups in total. The van der Waals surface area contributed by atoms with Crippen LogP contribution in [-0.4, -0.2) is 43.5 Å². The maximum Gasteiger partial charge on any atom is 0.237 e. The van der Waals surface area contributed by atoms with Gasteiger partial charge < -0.3 is 20.1 Å². The third-order valence-corrected chi connectivity index (χ3v) is 4.28. The minimum atomic E-state index is -0.327. The van der Waals surface area contributed by atoms with Crippen LogP contribution in [0.25, 0.3) is 0 Å². The van der Waals surface area contributed by atoms with Gasteiger partial charge in [0.15, 0.2) is 5.79 Å². The highest BCUT2D eigenvalue weighted by molar-refractivity contribution is 5.85. The summed E-state index contributed by atoms with van der Waals surface area (Å²) in [5.41, 5.74) is 0. The summed E-state index contributed by atoms with van der Waals surface area (Å²) in [5.74, 6) is -0.158. The van der Waals surface area contributed by atoms with Gasteiger partial charge >= 0.3 is 0 Å². The molecule has 1 saturated carbocycles. The number of hydrogen-bond acceptors (Lipinski definition) is 4. The van der Waals surface area contributed by atoms with E-state index in [0.717, 1.165) is 45.1 Å². The predicted octanol–water partition coefficient (Wildman–Crippen LogP) is 0.962. The van der Waals surface area contributed by atoms with Crippen molar-refractivity contribution in [1.29, 1.82) is 0 Å². The van der Waals surface area contributed by atoms with Gasteiger partial charge in [-0.25, -0.2) is 0 Å². The van der Waals surface area contributed by atoms with Crippen LogP contribution in [0.2, 0.25) is 0 Å². The van der Waals surface area contributed by atoms with Gasteiger partial charge in [-0.1, -0.05) is 0 Å². The highest BCUT2D eigenvalue weighted by Crippen LogP contribution is 2.35. The highest BCUT2D eigenvalue weighted by Gasteiger charge is 2.40. The lowest BCUT2D eigenvalue weighted by atomic mass is 9.90. The second kappa shape index (κ2) is 6.39. The van der Waals surface area contributed by atoms with Crippen LogP contribution >= 0.6 is 12.4 Å². The van der Waals surface area contributed by atoms with Crippen LogP contribution in [0.1, 0.15) is 38.5 Å². The molecule has 1 atom stereocenters. The highest BCUT2D eigenvalue weighted by atomic mass is 35.5. The largest absolute Gasteiger partial charge is 0.352 e. The van der Waals surface area contributed by atoms with Crippen molar-refractivity contribution >= 4 is 18.3 Å². The van der Waals surface area contributed by atoms with Crippen LogP contribution in [-0.2, 0) is 14.3 Å². The van der Waals surface area contributed by atoms with Crippen molar-refractivity contribution in [1.82, 2.24) is 10.6 Å². The van der Waals surface area contributed by atoms with Gasteiger partial charge in [0, 0.05) is 18.9 Å². The van der Waals surface area contributed by atoms with E-state index in [2.05, 4.69) is 10.6 Å². The van der Waals surface area contributed by atoms with E-state index in [0.29, 0.717) is 19.3 Å². The van der Waals surface area contributed by atoms with Crippen molar-refractivity contribution in [2.45, 2.75) is 56.4 Å². The summed E-state index contributed by atoms with van der Waals surface area (Å²) in [6.07, 6.45) is 5.78. The molecular weight excluding hydrogens is 268 g/mol.